The quantitative estimate of drug-likeness (QED) is 0.170. The molecule has 12 heteroatoms. The molecule has 1 heterocycles. The molecule has 1 unspecified atom stereocenters. The summed E-state index contributed by atoms with van der Waals surface area (Å²) in [4.78, 5) is 13.5. The summed E-state index contributed by atoms with van der Waals surface area (Å²) in [6.07, 6.45) is -2.59. The number of esters is 1. The summed E-state index contributed by atoms with van der Waals surface area (Å²) in [6.45, 7) is 1.75. The maximum atomic E-state index is 13.7. The standard InChI is InChI=1S/C31H40F7NO4/c1-27-16-19(6-4-3-5-12-39(2)13-11-29(32,33)30(34,35)31(36,37)38)26-21-10-8-20(40)14-18(21)7-9-22(26)23(27)15-24-28(27,42)17-25(41)43-24/h8,10,14,19,22-24,26,40,42H,3-7,9,11-13,15-17H2,1-2H3/t19-,22-,23-,24?,26+,27-,28+/m0/s1. The number of carbonyl (C=O) groups is 1. The summed E-state index contributed by atoms with van der Waals surface area (Å²) < 4.78 is 96.5. The van der Waals surface area contributed by atoms with E-state index in [-0.39, 0.29) is 48.4 Å². The Bertz CT molecular complexity index is 1210. The van der Waals surface area contributed by atoms with Gasteiger partial charge in [-0.15, -0.1) is 0 Å². The molecule has 3 fully saturated rings. The number of aromatic hydroxyl groups is 1. The first-order valence-electron chi connectivity index (χ1n) is 15.2. The highest BCUT2D eigenvalue weighted by Gasteiger charge is 2.73. The van der Waals surface area contributed by atoms with E-state index >= 15 is 0 Å². The van der Waals surface area contributed by atoms with Crippen LogP contribution >= 0.6 is 0 Å². The Morgan fingerprint density at radius 1 is 1.07 bits per heavy atom. The van der Waals surface area contributed by atoms with Crippen molar-refractivity contribution < 1.29 is 50.5 Å². The average Bonchev–Trinajstić information content (AvgIpc) is 3.32. The summed E-state index contributed by atoms with van der Waals surface area (Å²) in [7, 11) is 1.42. The van der Waals surface area contributed by atoms with Crippen molar-refractivity contribution in [2.75, 3.05) is 20.1 Å². The summed E-state index contributed by atoms with van der Waals surface area (Å²) in [6, 6.07) is 5.52. The molecule has 3 aliphatic carbocycles. The minimum atomic E-state index is -6.32. The van der Waals surface area contributed by atoms with Crippen LogP contribution in [0, 0.1) is 23.2 Å². The Hall–Kier alpha value is -2.08. The number of carbonyl (C=O) groups excluding carboxylic acids is 1. The lowest BCUT2D eigenvalue weighted by Gasteiger charge is -2.56. The maximum absolute atomic E-state index is 13.7. The highest BCUT2D eigenvalue weighted by molar-refractivity contribution is 5.74. The fourth-order valence-corrected chi connectivity index (χ4v) is 8.88. The SMILES string of the molecule is CN(CCCCC[C@H]1C[C@@]2(C)[C@@H](CC3OC(=O)C[C@@]32O)[C@@H]2CCc3cc(O)ccc3[C@@H]12)CCC(F)(F)C(F)(F)C(F)(F)F. The normalized spacial score (nSPS) is 34.0. The summed E-state index contributed by atoms with van der Waals surface area (Å²) in [5, 5.41) is 21.9. The number of rotatable bonds is 10. The van der Waals surface area contributed by atoms with E-state index in [0.29, 0.717) is 25.7 Å². The summed E-state index contributed by atoms with van der Waals surface area (Å²) in [5.41, 5.74) is 0.598. The minimum Gasteiger partial charge on any atom is -0.508 e. The van der Waals surface area contributed by atoms with Gasteiger partial charge in [0.05, 0.1) is 6.42 Å². The molecule has 1 aromatic carbocycles. The van der Waals surface area contributed by atoms with Gasteiger partial charge >= 0.3 is 24.0 Å². The smallest absolute Gasteiger partial charge is 0.459 e. The van der Waals surface area contributed by atoms with E-state index in [9.17, 15) is 45.7 Å². The molecule has 5 nitrogen and oxygen atoms in total. The molecule has 0 aromatic heterocycles. The van der Waals surface area contributed by atoms with E-state index in [1.54, 1.807) is 6.07 Å². The van der Waals surface area contributed by atoms with Crippen LogP contribution in [0.15, 0.2) is 18.2 Å². The number of aryl methyl sites for hydroxylation is 1. The van der Waals surface area contributed by atoms with Crippen molar-refractivity contribution in [3.8, 4) is 5.75 Å². The molecule has 7 atom stereocenters. The van der Waals surface area contributed by atoms with Gasteiger partial charge in [0.2, 0.25) is 0 Å². The van der Waals surface area contributed by atoms with Crippen molar-refractivity contribution in [1.82, 2.24) is 4.90 Å². The molecule has 43 heavy (non-hydrogen) atoms. The molecular weight excluding hydrogens is 583 g/mol. The fourth-order valence-electron chi connectivity index (χ4n) is 8.88. The predicted molar refractivity (Wildman–Crippen MR) is 143 cm³/mol. The van der Waals surface area contributed by atoms with Crippen molar-refractivity contribution in [3.05, 3.63) is 29.3 Å². The number of aliphatic hydroxyl groups is 1. The topological polar surface area (TPSA) is 70.0 Å². The van der Waals surface area contributed by atoms with Gasteiger partial charge in [-0.1, -0.05) is 25.8 Å². The zero-order chi connectivity index (χ0) is 31.6. The van der Waals surface area contributed by atoms with Gasteiger partial charge in [-0.2, -0.15) is 30.7 Å². The van der Waals surface area contributed by atoms with Gasteiger partial charge in [0, 0.05) is 18.4 Å². The first kappa shape index (κ1) is 32.3. The van der Waals surface area contributed by atoms with Crippen molar-refractivity contribution >= 4 is 5.97 Å². The highest BCUT2D eigenvalue weighted by atomic mass is 19.4. The van der Waals surface area contributed by atoms with Crippen molar-refractivity contribution in [3.63, 3.8) is 0 Å². The average molecular weight is 624 g/mol. The molecule has 0 bridgehead atoms. The van der Waals surface area contributed by atoms with E-state index in [0.717, 1.165) is 31.2 Å². The Labute approximate surface area is 246 Å². The molecule has 5 rings (SSSR count). The summed E-state index contributed by atoms with van der Waals surface area (Å²) in [5.74, 6) is -10.6. The lowest BCUT2D eigenvalue weighted by molar-refractivity contribution is -0.355. The molecule has 242 valence electrons. The number of phenolic OH excluding ortho intramolecular Hbond substituents is 1. The van der Waals surface area contributed by atoms with Crippen LogP contribution in [0.3, 0.4) is 0 Å². The Balaban J connectivity index is 1.22. The van der Waals surface area contributed by atoms with Gasteiger partial charge in [-0.3, -0.25) is 4.79 Å². The van der Waals surface area contributed by atoms with Crippen molar-refractivity contribution in [1.29, 1.82) is 0 Å². The van der Waals surface area contributed by atoms with Crippen LogP contribution in [0.4, 0.5) is 30.7 Å². The third kappa shape index (κ3) is 5.42. The highest BCUT2D eigenvalue weighted by Crippen LogP contribution is 2.68. The second kappa shape index (κ2) is 11.1. The lowest BCUT2D eigenvalue weighted by Crippen LogP contribution is -2.54. The van der Waals surface area contributed by atoms with Crippen LogP contribution in [-0.4, -0.2) is 70.9 Å². The molecule has 2 saturated carbocycles. The van der Waals surface area contributed by atoms with E-state index < -0.39 is 48.1 Å². The number of hydrogen-bond acceptors (Lipinski definition) is 5. The Morgan fingerprint density at radius 3 is 2.49 bits per heavy atom. The maximum Gasteiger partial charge on any atom is 0.459 e. The van der Waals surface area contributed by atoms with Crippen LogP contribution < -0.4 is 0 Å². The van der Waals surface area contributed by atoms with Crippen molar-refractivity contribution in [2.45, 2.75) is 107 Å². The first-order chi connectivity index (χ1) is 19.9. The van der Waals surface area contributed by atoms with E-state index in [1.165, 1.54) is 17.5 Å². The van der Waals surface area contributed by atoms with Crippen LogP contribution in [-0.2, 0) is 16.0 Å². The molecule has 0 amide bonds. The number of fused-ring (bicyclic) bond motifs is 7. The Morgan fingerprint density at radius 2 is 1.79 bits per heavy atom. The second-order valence-electron chi connectivity index (χ2n) is 13.6. The number of hydrogen-bond donors (Lipinski definition) is 2. The number of nitrogens with zero attached hydrogens (tertiary/aromatic N) is 1. The zero-order valence-corrected chi connectivity index (χ0v) is 24.4. The molecule has 0 radical (unpaired) electrons. The fraction of sp³-hybridized carbons (Fsp3) is 0.774. The molecule has 2 N–H and O–H groups in total. The molecule has 1 aliphatic heterocycles. The van der Waals surface area contributed by atoms with Crippen LogP contribution in [0.1, 0.15) is 81.8 Å². The van der Waals surface area contributed by atoms with Gasteiger partial charge in [-0.05, 0) is 99.0 Å². The van der Waals surface area contributed by atoms with Gasteiger partial charge in [0.1, 0.15) is 17.5 Å². The second-order valence-corrected chi connectivity index (χ2v) is 13.6. The van der Waals surface area contributed by atoms with Crippen LogP contribution in [0.5, 0.6) is 5.75 Å². The predicted octanol–water partition coefficient (Wildman–Crippen LogP) is 6.85. The number of alkyl halides is 7. The minimum absolute atomic E-state index is 0.0144. The van der Waals surface area contributed by atoms with E-state index in [4.69, 9.17) is 4.74 Å². The van der Waals surface area contributed by atoms with Gasteiger partial charge in [-0.25, -0.2) is 0 Å². The monoisotopic (exact) mass is 623 g/mol. The zero-order valence-electron chi connectivity index (χ0n) is 24.4. The van der Waals surface area contributed by atoms with E-state index in [1.807, 2.05) is 12.1 Å². The summed E-state index contributed by atoms with van der Waals surface area (Å²) >= 11 is 0. The number of unbranched alkanes of at least 4 members (excludes halogenated alkanes) is 2. The first-order valence-corrected chi connectivity index (χ1v) is 15.2. The van der Waals surface area contributed by atoms with Crippen molar-refractivity contribution in [2.24, 2.45) is 23.2 Å². The number of benzene rings is 1. The largest absolute Gasteiger partial charge is 0.508 e. The van der Waals surface area contributed by atoms with Gasteiger partial charge < -0.3 is 19.8 Å². The molecule has 0 spiro atoms. The third-order valence-electron chi connectivity index (χ3n) is 11.1. The van der Waals surface area contributed by atoms with Gasteiger partial charge in [0.15, 0.2) is 0 Å². The molecule has 4 aliphatic rings. The molecular formula is C31H40F7NO4. The number of ether oxygens (including phenoxy) is 1. The van der Waals surface area contributed by atoms with Gasteiger partial charge in [0.25, 0.3) is 0 Å². The van der Waals surface area contributed by atoms with Crippen LogP contribution in [0.2, 0.25) is 0 Å². The Kier molecular flexibility index (Phi) is 8.32. The number of halogens is 7. The third-order valence-corrected chi connectivity index (χ3v) is 11.1. The van der Waals surface area contributed by atoms with E-state index in [2.05, 4.69) is 6.92 Å². The number of phenols is 1. The molecule has 1 saturated heterocycles. The van der Waals surface area contributed by atoms with Crippen LogP contribution in [0.25, 0.3) is 0 Å². The lowest BCUT2D eigenvalue weighted by atomic mass is 9.49. The molecule has 1 aromatic rings.